The Kier molecular flexibility index (Phi) is 8.99. The van der Waals surface area contributed by atoms with E-state index in [1.807, 2.05) is 19.1 Å². The van der Waals surface area contributed by atoms with Crippen LogP contribution in [0.5, 0.6) is 0 Å². The summed E-state index contributed by atoms with van der Waals surface area (Å²) in [6.45, 7) is 12.6. The van der Waals surface area contributed by atoms with Crippen molar-refractivity contribution in [2.24, 2.45) is 0 Å². The predicted octanol–water partition coefficient (Wildman–Crippen LogP) is 4.96. The van der Waals surface area contributed by atoms with Gasteiger partial charge in [-0.15, -0.1) is 0 Å². The Morgan fingerprint density at radius 2 is 1.84 bits per heavy atom. The van der Waals surface area contributed by atoms with E-state index in [4.69, 9.17) is 0 Å². The number of allylic oxidation sites excluding steroid dienone is 4. The van der Waals surface area contributed by atoms with Gasteiger partial charge in [0.1, 0.15) is 0 Å². The molecule has 98 valence electrons. The van der Waals surface area contributed by atoms with Crippen molar-refractivity contribution in [2.45, 2.75) is 32.5 Å². The SMILES string of the molecule is C=CC=CC.CC1=Cc2ccccc2C1[SiH](C)C.[Ti+2]. The third kappa shape index (κ3) is 5.10. The van der Waals surface area contributed by atoms with Crippen molar-refractivity contribution in [3.63, 3.8) is 0 Å². The summed E-state index contributed by atoms with van der Waals surface area (Å²) in [5.74, 6) is 0. The quantitative estimate of drug-likeness (QED) is 0.535. The molecule has 0 bridgehead atoms. The van der Waals surface area contributed by atoms with Gasteiger partial charge in [-0.05, 0) is 30.5 Å². The maximum absolute atomic E-state index is 3.46. The summed E-state index contributed by atoms with van der Waals surface area (Å²) in [5, 5.41) is 0. The second-order valence-corrected chi connectivity index (χ2v) is 8.16. The molecule has 0 spiro atoms. The molecule has 0 N–H and O–H groups in total. The van der Waals surface area contributed by atoms with E-state index in [9.17, 15) is 0 Å². The molecule has 1 unspecified atom stereocenters. The number of fused-ring (bicyclic) bond motifs is 1. The molecule has 0 amide bonds. The summed E-state index contributed by atoms with van der Waals surface area (Å²) in [7, 11) is -0.586. The van der Waals surface area contributed by atoms with Crippen molar-refractivity contribution in [2.75, 3.05) is 0 Å². The fourth-order valence-electron chi connectivity index (χ4n) is 2.53. The Morgan fingerprint density at radius 1 is 1.21 bits per heavy atom. The summed E-state index contributed by atoms with van der Waals surface area (Å²) < 4.78 is 0. The van der Waals surface area contributed by atoms with Crippen LogP contribution >= 0.6 is 0 Å². The zero-order valence-electron chi connectivity index (χ0n) is 12.5. The molecule has 0 aliphatic heterocycles. The minimum absolute atomic E-state index is 0. The monoisotopic (exact) mass is 304 g/mol. The average molecular weight is 304 g/mol. The van der Waals surface area contributed by atoms with Crippen LogP contribution in [0.2, 0.25) is 13.1 Å². The Hall–Kier alpha value is -0.629. The Morgan fingerprint density at radius 3 is 2.32 bits per heavy atom. The number of rotatable bonds is 2. The smallest absolute Gasteiger partial charge is 0.0991 e. The molecule has 1 aliphatic rings. The fourth-order valence-corrected chi connectivity index (χ4v) is 4.70. The van der Waals surface area contributed by atoms with Crippen molar-refractivity contribution >= 4 is 14.9 Å². The van der Waals surface area contributed by atoms with Crippen molar-refractivity contribution < 1.29 is 21.7 Å². The largest absolute Gasteiger partial charge is 2.00 e. The Bertz CT molecular complexity index is 458. The van der Waals surface area contributed by atoms with E-state index >= 15 is 0 Å². The van der Waals surface area contributed by atoms with Crippen molar-refractivity contribution in [3.05, 3.63) is 65.8 Å². The first kappa shape index (κ1) is 18.4. The van der Waals surface area contributed by atoms with Crippen LogP contribution in [0.1, 0.15) is 30.5 Å². The normalized spacial score (nSPS) is 16.3. The molecule has 0 aromatic heterocycles. The molecule has 0 nitrogen and oxygen atoms in total. The van der Waals surface area contributed by atoms with Gasteiger partial charge in [-0.2, -0.15) is 0 Å². The molecular formula is C17H24SiTi+2. The second-order valence-electron chi connectivity index (χ2n) is 5.00. The van der Waals surface area contributed by atoms with E-state index in [0.717, 1.165) is 5.54 Å². The molecule has 1 aliphatic carbocycles. The third-order valence-corrected chi connectivity index (χ3v) is 5.42. The molecule has 0 saturated carbocycles. The molecule has 2 rings (SSSR count). The van der Waals surface area contributed by atoms with Gasteiger partial charge in [0.15, 0.2) is 0 Å². The van der Waals surface area contributed by atoms with Crippen LogP contribution in [0.3, 0.4) is 0 Å². The van der Waals surface area contributed by atoms with Crippen LogP contribution in [0, 0.1) is 0 Å². The van der Waals surface area contributed by atoms with E-state index in [1.165, 1.54) is 5.56 Å². The summed E-state index contributed by atoms with van der Waals surface area (Å²) in [5.41, 5.74) is 5.38. The van der Waals surface area contributed by atoms with Crippen LogP contribution in [-0.4, -0.2) is 8.80 Å². The first-order chi connectivity index (χ1) is 8.61. The molecule has 2 heteroatoms. The maximum atomic E-state index is 3.46. The minimum Gasteiger partial charge on any atom is -0.0991 e. The molecule has 19 heavy (non-hydrogen) atoms. The molecule has 1 aromatic carbocycles. The Labute approximate surface area is 134 Å². The topological polar surface area (TPSA) is 0 Å². The van der Waals surface area contributed by atoms with Crippen LogP contribution in [0.25, 0.3) is 6.08 Å². The predicted molar refractivity (Wildman–Crippen MR) is 86.7 cm³/mol. The van der Waals surface area contributed by atoms with Crippen molar-refractivity contribution in [3.8, 4) is 0 Å². The zero-order chi connectivity index (χ0) is 13.5. The standard InChI is InChI=1S/C12H16Si.C5H8.Ti/c1-9-8-10-6-4-5-7-11(10)12(9)13(2)3;1-3-5-4-2;/h4-8,12-13H,1-3H3;3-5H,1H2,2H3;/q;;+2. The molecule has 1 aromatic rings. The van der Waals surface area contributed by atoms with Gasteiger partial charge in [0, 0.05) is 8.80 Å². The first-order valence-corrected chi connectivity index (χ1v) is 9.60. The summed E-state index contributed by atoms with van der Waals surface area (Å²) >= 11 is 0. The van der Waals surface area contributed by atoms with Crippen LogP contribution < -0.4 is 0 Å². The van der Waals surface area contributed by atoms with Crippen molar-refractivity contribution in [1.82, 2.24) is 0 Å². The molecule has 0 radical (unpaired) electrons. The number of benzene rings is 1. The fraction of sp³-hybridized carbons (Fsp3) is 0.294. The summed E-state index contributed by atoms with van der Waals surface area (Å²) in [4.78, 5) is 0. The van der Waals surface area contributed by atoms with E-state index in [0.29, 0.717) is 0 Å². The second kappa shape index (κ2) is 9.30. The van der Waals surface area contributed by atoms with E-state index in [-0.39, 0.29) is 21.7 Å². The molecule has 0 fully saturated rings. The zero-order valence-corrected chi connectivity index (χ0v) is 15.2. The summed E-state index contributed by atoms with van der Waals surface area (Å²) in [6.07, 6.45) is 7.93. The molecule has 0 saturated heterocycles. The van der Waals surface area contributed by atoms with Gasteiger partial charge in [0.2, 0.25) is 0 Å². The van der Waals surface area contributed by atoms with Gasteiger partial charge >= 0.3 is 21.7 Å². The maximum Gasteiger partial charge on any atom is 2.00 e. The van der Waals surface area contributed by atoms with E-state index < -0.39 is 8.80 Å². The van der Waals surface area contributed by atoms with Gasteiger partial charge in [0.05, 0.1) is 0 Å². The van der Waals surface area contributed by atoms with E-state index in [2.05, 4.69) is 56.9 Å². The molecule has 0 heterocycles. The minimum atomic E-state index is -0.586. The van der Waals surface area contributed by atoms with E-state index in [1.54, 1.807) is 17.2 Å². The number of hydrogen-bond donors (Lipinski definition) is 0. The van der Waals surface area contributed by atoms with Crippen LogP contribution in [0.15, 0.2) is 54.6 Å². The average Bonchev–Trinajstić information content (AvgIpc) is 2.66. The van der Waals surface area contributed by atoms with Gasteiger partial charge in [-0.1, -0.05) is 73.8 Å². The molecular weight excluding hydrogens is 280 g/mol. The van der Waals surface area contributed by atoms with Crippen LogP contribution in [-0.2, 0) is 21.7 Å². The van der Waals surface area contributed by atoms with Crippen molar-refractivity contribution in [1.29, 1.82) is 0 Å². The van der Waals surface area contributed by atoms with Crippen LogP contribution in [0.4, 0.5) is 0 Å². The number of hydrogen-bond acceptors (Lipinski definition) is 0. The first-order valence-electron chi connectivity index (χ1n) is 6.62. The van der Waals surface area contributed by atoms with Gasteiger partial charge in [0.25, 0.3) is 0 Å². The van der Waals surface area contributed by atoms with Gasteiger partial charge in [-0.3, -0.25) is 0 Å². The molecule has 1 atom stereocenters. The summed E-state index contributed by atoms with van der Waals surface area (Å²) in [6, 6.07) is 8.82. The van der Waals surface area contributed by atoms with Gasteiger partial charge in [-0.25, -0.2) is 0 Å². The Balaban J connectivity index is 0.000000471. The third-order valence-electron chi connectivity index (χ3n) is 3.20. The van der Waals surface area contributed by atoms with Gasteiger partial charge < -0.3 is 0 Å².